The summed E-state index contributed by atoms with van der Waals surface area (Å²) in [4.78, 5) is 19.0. The lowest BCUT2D eigenvalue weighted by Gasteiger charge is -2.33. The lowest BCUT2D eigenvalue weighted by molar-refractivity contribution is 0.415. The molecule has 37 heavy (non-hydrogen) atoms. The predicted molar refractivity (Wildman–Crippen MR) is 146 cm³/mol. The Labute approximate surface area is 218 Å². The number of rotatable bonds is 6. The van der Waals surface area contributed by atoms with Crippen LogP contribution < -0.4 is 20.5 Å². The van der Waals surface area contributed by atoms with Crippen LogP contribution in [0.1, 0.15) is 56.2 Å². The topological polar surface area (TPSA) is 107 Å². The molecule has 0 radical (unpaired) electrons. The number of ether oxygens (including phenoxy) is 1. The summed E-state index contributed by atoms with van der Waals surface area (Å²) in [6.45, 7) is 1.10. The number of hydrogen-bond acceptors (Lipinski definition) is 7. The van der Waals surface area contributed by atoms with E-state index in [0.29, 0.717) is 16.7 Å². The Morgan fingerprint density at radius 3 is 2.51 bits per heavy atom. The van der Waals surface area contributed by atoms with E-state index >= 15 is 0 Å². The fourth-order valence-corrected chi connectivity index (χ4v) is 4.87. The van der Waals surface area contributed by atoms with Gasteiger partial charge in [-0.05, 0) is 55.9 Å². The summed E-state index contributed by atoms with van der Waals surface area (Å²) in [5, 5.41) is 22.1. The van der Waals surface area contributed by atoms with Crippen LogP contribution in [0.5, 0.6) is 5.75 Å². The highest BCUT2D eigenvalue weighted by Gasteiger charge is 2.26. The van der Waals surface area contributed by atoms with Gasteiger partial charge in [0.2, 0.25) is 0 Å². The highest BCUT2D eigenvalue weighted by molar-refractivity contribution is 5.92. The SMILES string of the molecule is CN(c1c(C#N)c(=O)n(C)c2ccc(C#N)nc12)C1CCCCC1.COc1cccc(NCC2CC2)c1. The maximum atomic E-state index is 12.6. The van der Waals surface area contributed by atoms with E-state index in [1.54, 1.807) is 26.3 Å². The average Bonchev–Trinajstić information content (AvgIpc) is 3.78. The molecular weight excluding hydrogens is 464 g/mol. The van der Waals surface area contributed by atoms with Crippen molar-refractivity contribution in [2.75, 3.05) is 30.9 Å². The van der Waals surface area contributed by atoms with E-state index in [2.05, 4.69) is 22.4 Å². The molecule has 0 bridgehead atoms. The number of nitriles is 2. The van der Waals surface area contributed by atoms with Crippen LogP contribution in [0.2, 0.25) is 0 Å². The Morgan fingerprint density at radius 1 is 1.11 bits per heavy atom. The van der Waals surface area contributed by atoms with Gasteiger partial charge in [-0.2, -0.15) is 10.5 Å². The number of nitrogens with one attached hydrogen (secondary N) is 1. The van der Waals surface area contributed by atoms with E-state index in [1.165, 1.54) is 23.8 Å². The smallest absolute Gasteiger partial charge is 0.270 e. The van der Waals surface area contributed by atoms with Gasteiger partial charge < -0.3 is 19.5 Å². The van der Waals surface area contributed by atoms with Gasteiger partial charge in [0.05, 0.1) is 18.3 Å². The standard InChI is InChI=1S/C18H19N5O.C11H15NO/c1-22(13-6-4-3-5-7-13)17-14(11-20)18(24)23(2)15-9-8-12(10-19)21-16(15)17;1-13-11-4-2-3-10(7-11)12-8-9-5-6-9/h8-9,13H,3-7H2,1-2H3;2-4,7,9,12H,5-6,8H2,1H3. The number of benzene rings is 1. The number of nitrogens with zero attached hydrogens (tertiary/aromatic N) is 5. The van der Waals surface area contributed by atoms with Crippen molar-refractivity contribution in [3.05, 3.63) is 58.0 Å². The van der Waals surface area contributed by atoms with Gasteiger partial charge in [-0.3, -0.25) is 4.79 Å². The normalized spacial score (nSPS) is 15.2. The Bertz CT molecular complexity index is 1390. The molecular formula is C29H34N6O2. The zero-order chi connectivity index (χ0) is 26.4. The summed E-state index contributed by atoms with van der Waals surface area (Å²) in [6, 6.07) is 15.8. The molecule has 5 rings (SSSR count). The van der Waals surface area contributed by atoms with Crippen LogP contribution in [0.15, 0.2) is 41.2 Å². The molecule has 0 aliphatic heterocycles. The molecule has 1 N–H and O–H groups in total. The van der Waals surface area contributed by atoms with Gasteiger partial charge in [-0.1, -0.05) is 25.3 Å². The van der Waals surface area contributed by atoms with E-state index in [0.717, 1.165) is 49.6 Å². The zero-order valence-electron chi connectivity index (χ0n) is 21.8. The second-order valence-corrected chi connectivity index (χ2v) is 9.83. The first-order valence-corrected chi connectivity index (χ1v) is 12.9. The Morgan fingerprint density at radius 2 is 1.86 bits per heavy atom. The van der Waals surface area contributed by atoms with Crippen LogP contribution in [0, 0.1) is 28.6 Å². The number of aryl methyl sites for hydroxylation is 1. The lowest BCUT2D eigenvalue weighted by atomic mass is 9.93. The largest absolute Gasteiger partial charge is 0.497 e. The van der Waals surface area contributed by atoms with Crippen LogP contribution in [-0.2, 0) is 7.05 Å². The van der Waals surface area contributed by atoms with Gasteiger partial charge in [0.25, 0.3) is 5.56 Å². The maximum absolute atomic E-state index is 12.6. The minimum atomic E-state index is -0.325. The van der Waals surface area contributed by atoms with Crippen molar-refractivity contribution >= 4 is 22.4 Å². The predicted octanol–water partition coefficient (Wildman–Crippen LogP) is 4.96. The number of hydrogen-bond donors (Lipinski definition) is 1. The number of anilines is 2. The summed E-state index contributed by atoms with van der Waals surface area (Å²) >= 11 is 0. The molecule has 8 nitrogen and oxygen atoms in total. The van der Waals surface area contributed by atoms with Gasteiger partial charge in [0.1, 0.15) is 34.7 Å². The van der Waals surface area contributed by atoms with Crippen LogP contribution in [0.4, 0.5) is 11.4 Å². The molecule has 3 aromatic rings. The fraction of sp³-hybridized carbons (Fsp3) is 0.448. The van der Waals surface area contributed by atoms with Gasteiger partial charge >= 0.3 is 0 Å². The van der Waals surface area contributed by atoms with E-state index in [-0.39, 0.29) is 22.9 Å². The zero-order valence-corrected chi connectivity index (χ0v) is 21.8. The molecule has 0 amide bonds. The minimum absolute atomic E-state index is 0.0978. The molecule has 2 fully saturated rings. The average molecular weight is 499 g/mol. The van der Waals surface area contributed by atoms with Crippen molar-refractivity contribution in [2.24, 2.45) is 13.0 Å². The van der Waals surface area contributed by atoms with Crippen LogP contribution in [-0.4, -0.2) is 36.3 Å². The Hall–Kier alpha value is -4.04. The summed E-state index contributed by atoms with van der Waals surface area (Å²) < 4.78 is 6.57. The minimum Gasteiger partial charge on any atom is -0.497 e. The Balaban J connectivity index is 0.000000207. The number of methoxy groups -OCH3 is 1. The molecule has 1 aromatic carbocycles. The number of fused-ring (bicyclic) bond motifs is 1. The monoisotopic (exact) mass is 498 g/mol. The summed E-state index contributed by atoms with van der Waals surface area (Å²) in [6.07, 6.45) is 8.37. The first-order valence-electron chi connectivity index (χ1n) is 12.9. The van der Waals surface area contributed by atoms with E-state index in [4.69, 9.17) is 10.00 Å². The third kappa shape index (κ3) is 6.03. The maximum Gasteiger partial charge on any atom is 0.270 e. The lowest BCUT2D eigenvalue weighted by Crippen LogP contribution is -2.36. The molecule has 192 valence electrons. The third-order valence-corrected chi connectivity index (χ3v) is 7.28. The fourth-order valence-electron chi connectivity index (χ4n) is 4.87. The quantitative estimate of drug-likeness (QED) is 0.512. The highest BCUT2D eigenvalue weighted by atomic mass is 16.5. The van der Waals surface area contributed by atoms with Gasteiger partial charge in [0.15, 0.2) is 0 Å². The Kier molecular flexibility index (Phi) is 8.30. The molecule has 0 spiro atoms. The summed E-state index contributed by atoms with van der Waals surface area (Å²) in [5.41, 5.74) is 2.94. The summed E-state index contributed by atoms with van der Waals surface area (Å²) in [7, 11) is 5.25. The highest BCUT2D eigenvalue weighted by Crippen LogP contribution is 2.32. The molecule has 2 heterocycles. The molecule has 0 unspecified atom stereocenters. The molecule has 8 heteroatoms. The number of pyridine rings is 2. The third-order valence-electron chi connectivity index (χ3n) is 7.28. The van der Waals surface area contributed by atoms with Crippen LogP contribution in [0.25, 0.3) is 11.0 Å². The molecule has 2 aliphatic carbocycles. The second kappa shape index (κ2) is 11.8. The first-order chi connectivity index (χ1) is 18.0. The van der Waals surface area contributed by atoms with E-state index in [9.17, 15) is 10.1 Å². The van der Waals surface area contributed by atoms with Gasteiger partial charge in [0, 0.05) is 38.4 Å². The van der Waals surface area contributed by atoms with E-state index in [1.807, 2.05) is 36.2 Å². The first kappa shape index (κ1) is 26.0. The van der Waals surface area contributed by atoms with Crippen molar-refractivity contribution < 1.29 is 4.74 Å². The molecule has 2 saturated carbocycles. The van der Waals surface area contributed by atoms with Crippen molar-refractivity contribution in [1.29, 1.82) is 10.5 Å². The van der Waals surface area contributed by atoms with Crippen molar-refractivity contribution in [3.63, 3.8) is 0 Å². The number of aromatic nitrogens is 2. The molecule has 0 saturated heterocycles. The van der Waals surface area contributed by atoms with Crippen LogP contribution in [0.3, 0.4) is 0 Å². The second-order valence-electron chi connectivity index (χ2n) is 9.83. The molecule has 2 aliphatic rings. The van der Waals surface area contributed by atoms with Crippen molar-refractivity contribution in [3.8, 4) is 17.9 Å². The van der Waals surface area contributed by atoms with E-state index < -0.39 is 0 Å². The molecule has 0 atom stereocenters. The van der Waals surface area contributed by atoms with Crippen molar-refractivity contribution in [1.82, 2.24) is 9.55 Å². The van der Waals surface area contributed by atoms with Gasteiger partial charge in [-0.25, -0.2) is 4.98 Å². The molecule has 2 aromatic heterocycles. The van der Waals surface area contributed by atoms with Crippen molar-refractivity contribution in [2.45, 2.75) is 51.0 Å². The summed E-state index contributed by atoms with van der Waals surface area (Å²) in [5.74, 6) is 1.83. The van der Waals surface area contributed by atoms with Crippen LogP contribution >= 0.6 is 0 Å². The van der Waals surface area contributed by atoms with Gasteiger partial charge in [-0.15, -0.1) is 0 Å².